The van der Waals surface area contributed by atoms with Crippen LogP contribution >= 0.6 is 0 Å². The van der Waals surface area contributed by atoms with Gasteiger partial charge in [-0.25, -0.2) is 4.79 Å². The van der Waals surface area contributed by atoms with Gasteiger partial charge in [0.2, 0.25) is 5.91 Å². The molecule has 1 spiro atoms. The maximum Gasteiger partial charge on any atom is 0.325 e. The van der Waals surface area contributed by atoms with Crippen LogP contribution in [0.25, 0.3) is 0 Å². The molecule has 1 heterocycles. The number of carbonyl (C=O) groups is 3. The lowest BCUT2D eigenvalue weighted by molar-refractivity contribution is -0.136. The topological polar surface area (TPSA) is 87.7 Å². The van der Waals surface area contributed by atoms with E-state index in [1.165, 1.54) is 0 Å². The third kappa shape index (κ3) is 4.13. The van der Waals surface area contributed by atoms with Gasteiger partial charge in [0.15, 0.2) is 0 Å². The highest BCUT2D eigenvalue weighted by molar-refractivity contribution is 6.10. The first-order valence-electron chi connectivity index (χ1n) is 9.81. The standard InChI is InChI=1S/C21H29N3O4/c1-5-28-16-8-6-15(7-9-16)22-17(25)12-24-18(26)21(23-19(24)27)11-14(2)10-20(3,4)13-21/h6-9,14H,5,10-13H2,1-4H3,(H,22,25)(H,23,27)/t14-,21-/m0/s1. The van der Waals surface area contributed by atoms with Crippen molar-refractivity contribution in [3.05, 3.63) is 24.3 Å². The van der Waals surface area contributed by atoms with E-state index in [1.54, 1.807) is 24.3 Å². The predicted octanol–water partition coefficient (Wildman–Crippen LogP) is 3.16. The summed E-state index contributed by atoms with van der Waals surface area (Å²) in [6.45, 7) is 8.50. The van der Waals surface area contributed by atoms with Gasteiger partial charge < -0.3 is 15.4 Å². The second-order valence-corrected chi connectivity index (χ2v) is 8.76. The van der Waals surface area contributed by atoms with E-state index in [4.69, 9.17) is 4.74 Å². The Balaban J connectivity index is 1.66. The van der Waals surface area contributed by atoms with E-state index in [-0.39, 0.29) is 17.9 Å². The molecule has 0 radical (unpaired) electrons. The molecule has 2 aliphatic rings. The quantitative estimate of drug-likeness (QED) is 0.760. The number of hydrogen-bond donors (Lipinski definition) is 2. The van der Waals surface area contributed by atoms with Gasteiger partial charge in [0.05, 0.1) is 6.61 Å². The predicted molar refractivity (Wildman–Crippen MR) is 106 cm³/mol. The van der Waals surface area contributed by atoms with Crippen molar-refractivity contribution in [2.45, 2.75) is 52.5 Å². The molecule has 1 saturated heterocycles. The molecule has 1 aromatic rings. The Bertz CT molecular complexity index is 774. The fraction of sp³-hybridized carbons (Fsp3) is 0.571. The maximum absolute atomic E-state index is 13.1. The van der Waals surface area contributed by atoms with Crippen molar-refractivity contribution in [1.29, 1.82) is 0 Å². The number of urea groups is 1. The lowest BCUT2D eigenvalue weighted by Crippen LogP contribution is -2.54. The zero-order chi connectivity index (χ0) is 20.5. The third-order valence-corrected chi connectivity index (χ3v) is 5.37. The number of benzene rings is 1. The van der Waals surface area contributed by atoms with Crippen molar-refractivity contribution >= 4 is 23.5 Å². The fourth-order valence-corrected chi connectivity index (χ4v) is 4.79. The fourth-order valence-electron chi connectivity index (χ4n) is 4.79. The van der Waals surface area contributed by atoms with Crippen molar-refractivity contribution in [2.75, 3.05) is 18.5 Å². The highest BCUT2D eigenvalue weighted by Crippen LogP contribution is 2.46. The van der Waals surface area contributed by atoms with Gasteiger partial charge in [-0.3, -0.25) is 14.5 Å². The van der Waals surface area contributed by atoms with Crippen LogP contribution in [0.2, 0.25) is 0 Å². The lowest BCUT2D eigenvalue weighted by Gasteiger charge is -2.43. The average Bonchev–Trinajstić information content (AvgIpc) is 2.78. The lowest BCUT2D eigenvalue weighted by atomic mass is 9.64. The Morgan fingerprint density at radius 3 is 2.54 bits per heavy atom. The van der Waals surface area contributed by atoms with E-state index in [2.05, 4.69) is 31.4 Å². The number of ether oxygens (including phenoxy) is 1. The Morgan fingerprint density at radius 2 is 1.93 bits per heavy atom. The number of imide groups is 1. The molecule has 0 bridgehead atoms. The first-order chi connectivity index (χ1) is 13.1. The SMILES string of the molecule is CCOc1ccc(NC(=O)CN2C(=O)N[C@]3(C[C@@H](C)CC(C)(C)C3)C2=O)cc1. The molecule has 1 saturated carbocycles. The highest BCUT2D eigenvalue weighted by atomic mass is 16.5. The molecule has 7 nitrogen and oxygen atoms in total. The summed E-state index contributed by atoms with van der Waals surface area (Å²) in [6.07, 6.45) is 2.21. The van der Waals surface area contributed by atoms with Gasteiger partial charge in [-0.15, -0.1) is 0 Å². The number of hydrogen-bond acceptors (Lipinski definition) is 4. The molecule has 1 aliphatic heterocycles. The number of amides is 4. The number of nitrogens with one attached hydrogen (secondary N) is 2. The molecular formula is C21H29N3O4. The maximum atomic E-state index is 13.1. The van der Waals surface area contributed by atoms with E-state index in [1.807, 2.05) is 6.92 Å². The molecule has 7 heteroatoms. The van der Waals surface area contributed by atoms with Gasteiger partial charge in [0.1, 0.15) is 17.8 Å². The molecule has 1 aliphatic carbocycles. The molecule has 28 heavy (non-hydrogen) atoms. The molecular weight excluding hydrogens is 358 g/mol. The van der Waals surface area contributed by atoms with Crippen molar-refractivity contribution in [3.63, 3.8) is 0 Å². The minimum atomic E-state index is -0.891. The van der Waals surface area contributed by atoms with Crippen LogP contribution in [-0.4, -0.2) is 41.4 Å². The summed E-state index contributed by atoms with van der Waals surface area (Å²) in [5.74, 6) is 0.336. The number of nitrogens with zero attached hydrogens (tertiary/aromatic N) is 1. The zero-order valence-electron chi connectivity index (χ0n) is 17.0. The van der Waals surface area contributed by atoms with Crippen LogP contribution in [0.3, 0.4) is 0 Å². The third-order valence-electron chi connectivity index (χ3n) is 5.37. The van der Waals surface area contributed by atoms with Gasteiger partial charge >= 0.3 is 6.03 Å². The smallest absolute Gasteiger partial charge is 0.325 e. The number of anilines is 1. The minimum Gasteiger partial charge on any atom is -0.494 e. The summed E-state index contributed by atoms with van der Waals surface area (Å²) < 4.78 is 5.37. The van der Waals surface area contributed by atoms with E-state index in [0.717, 1.165) is 11.3 Å². The molecule has 152 valence electrons. The summed E-state index contributed by atoms with van der Waals surface area (Å²) in [4.78, 5) is 39.0. The largest absolute Gasteiger partial charge is 0.494 e. The van der Waals surface area contributed by atoms with Crippen molar-refractivity contribution in [3.8, 4) is 5.75 Å². The van der Waals surface area contributed by atoms with Gasteiger partial charge in [-0.1, -0.05) is 20.8 Å². The monoisotopic (exact) mass is 387 g/mol. The van der Waals surface area contributed by atoms with Crippen LogP contribution in [-0.2, 0) is 9.59 Å². The van der Waals surface area contributed by atoms with Gasteiger partial charge in [-0.2, -0.15) is 0 Å². The summed E-state index contributed by atoms with van der Waals surface area (Å²) in [7, 11) is 0. The van der Waals surface area contributed by atoms with Gasteiger partial charge in [0.25, 0.3) is 5.91 Å². The molecule has 2 fully saturated rings. The summed E-state index contributed by atoms with van der Waals surface area (Å²) in [5.41, 5.74) is -0.346. The normalized spacial score (nSPS) is 26.3. The highest BCUT2D eigenvalue weighted by Gasteiger charge is 2.56. The van der Waals surface area contributed by atoms with Crippen LogP contribution in [0.1, 0.15) is 47.0 Å². The minimum absolute atomic E-state index is 0.0405. The summed E-state index contributed by atoms with van der Waals surface area (Å²) in [6, 6.07) is 6.47. The molecule has 0 aromatic heterocycles. The Morgan fingerprint density at radius 1 is 1.25 bits per heavy atom. The summed E-state index contributed by atoms with van der Waals surface area (Å²) >= 11 is 0. The molecule has 1 aromatic carbocycles. The van der Waals surface area contributed by atoms with Crippen molar-refractivity contribution in [1.82, 2.24) is 10.2 Å². The van der Waals surface area contributed by atoms with E-state index in [0.29, 0.717) is 36.8 Å². The molecule has 0 unspecified atom stereocenters. The first-order valence-corrected chi connectivity index (χ1v) is 9.81. The molecule has 2 atom stereocenters. The number of carbonyl (C=O) groups excluding carboxylic acids is 3. The first kappa shape index (κ1) is 20.2. The van der Waals surface area contributed by atoms with E-state index in [9.17, 15) is 14.4 Å². The van der Waals surface area contributed by atoms with Gasteiger partial charge in [0, 0.05) is 5.69 Å². The number of rotatable bonds is 5. The van der Waals surface area contributed by atoms with Crippen molar-refractivity contribution in [2.24, 2.45) is 11.3 Å². The molecule has 3 rings (SSSR count). The van der Waals surface area contributed by atoms with Gasteiger partial charge in [-0.05, 0) is 61.8 Å². The van der Waals surface area contributed by atoms with Crippen molar-refractivity contribution < 1.29 is 19.1 Å². The molecule has 2 N–H and O–H groups in total. The Hall–Kier alpha value is -2.57. The van der Waals surface area contributed by atoms with Crippen LogP contribution in [0, 0.1) is 11.3 Å². The second kappa shape index (κ2) is 7.45. The van der Waals surface area contributed by atoms with E-state index >= 15 is 0 Å². The van der Waals surface area contributed by atoms with Crippen LogP contribution in [0.5, 0.6) is 5.75 Å². The average molecular weight is 387 g/mol. The zero-order valence-corrected chi connectivity index (χ0v) is 17.0. The summed E-state index contributed by atoms with van der Waals surface area (Å²) in [5, 5.41) is 5.61. The molecule has 4 amide bonds. The van der Waals surface area contributed by atoms with Crippen LogP contribution in [0.15, 0.2) is 24.3 Å². The Labute approximate surface area is 165 Å². The van der Waals surface area contributed by atoms with Crippen LogP contribution in [0.4, 0.5) is 10.5 Å². The second-order valence-electron chi connectivity index (χ2n) is 8.76. The van der Waals surface area contributed by atoms with E-state index < -0.39 is 17.5 Å². The van der Waals surface area contributed by atoms with Crippen LogP contribution < -0.4 is 15.4 Å². The Kier molecular flexibility index (Phi) is 5.37.